The molecule has 3 atom stereocenters. The fourth-order valence-electron chi connectivity index (χ4n) is 4.65. The second-order valence-corrected chi connectivity index (χ2v) is 9.14. The van der Waals surface area contributed by atoms with E-state index >= 15 is 0 Å². The van der Waals surface area contributed by atoms with E-state index in [0.717, 1.165) is 38.0 Å². The number of nitrogens with one attached hydrogen (secondary N) is 1. The number of primary amides is 1. The number of hydrogen-bond donors (Lipinski definition) is 3. The van der Waals surface area contributed by atoms with Crippen molar-refractivity contribution in [3.8, 4) is 5.75 Å². The van der Waals surface area contributed by atoms with E-state index < -0.39 is 5.91 Å². The first kappa shape index (κ1) is 19.2. The normalized spacial score (nSPS) is 26.2. The van der Waals surface area contributed by atoms with Gasteiger partial charge in [0.25, 0.3) is 5.91 Å². The number of amides is 1. The summed E-state index contributed by atoms with van der Waals surface area (Å²) in [6.45, 7) is 9.90. The van der Waals surface area contributed by atoms with Crippen molar-refractivity contribution in [1.29, 1.82) is 0 Å². The number of benzene rings is 1. The van der Waals surface area contributed by atoms with Crippen molar-refractivity contribution in [2.45, 2.75) is 64.5 Å². The van der Waals surface area contributed by atoms with Crippen molar-refractivity contribution in [2.24, 2.45) is 11.1 Å². The number of rotatable bonds is 6. The average molecular weight is 360 g/mol. The van der Waals surface area contributed by atoms with Crippen LogP contribution < -0.4 is 11.1 Å². The molecule has 26 heavy (non-hydrogen) atoms. The summed E-state index contributed by atoms with van der Waals surface area (Å²) in [6.07, 6.45) is 4.56. The fourth-order valence-corrected chi connectivity index (χ4v) is 4.65. The number of nitrogens with zero attached hydrogens (tertiary/aromatic N) is 1. The highest BCUT2D eigenvalue weighted by Gasteiger charge is 2.41. The standard InChI is InChI=1S/C21H33N3O2/c1-21(2,3)13-23-9-10-24-15-7-8-16(24)12-14(11-15)17-5-4-6-18(19(17)25)20(22)26/h4-6,14-16,23,25H,7-13H2,1-3H3,(H2,22,26)/t14?,15-,16+. The average Bonchev–Trinajstić information content (AvgIpc) is 2.78. The van der Waals surface area contributed by atoms with E-state index in [2.05, 4.69) is 31.0 Å². The van der Waals surface area contributed by atoms with Gasteiger partial charge in [-0.3, -0.25) is 9.69 Å². The van der Waals surface area contributed by atoms with Crippen LogP contribution in [0.3, 0.4) is 0 Å². The van der Waals surface area contributed by atoms with E-state index in [9.17, 15) is 9.90 Å². The van der Waals surface area contributed by atoms with Crippen LogP contribution in [0.25, 0.3) is 0 Å². The molecule has 1 unspecified atom stereocenters. The number of nitrogens with two attached hydrogens (primary N) is 1. The predicted octanol–water partition coefficient (Wildman–Crippen LogP) is 2.84. The van der Waals surface area contributed by atoms with Crippen LogP contribution in [0, 0.1) is 5.41 Å². The van der Waals surface area contributed by atoms with Gasteiger partial charge in [-0.25, -0.2) is 0 Å². The minimum atomic E-state index is -0.560. The molecule has 2 aliphatic rings. The van der Waals surface area contributed by atoms with Gasteiger partial charge in [0.1, 0.15) is 5.75 Å². The lowest BCUT2D eigenvalue weighted by atomic mass is 9.83. The van der Waals surface area contributed by atoms with E-state index in [-0.39, 0.29) is 11.3 Å². The summed E-state index contributed by atoms with van der Waals surface area (Å²) in [5.41, 5.74) is 6.83. The maximum atomic E-state index is 11.5. The molecular formula is C21H33N3O2. The van der Waals surface area contributed by atoms with Crippen molar-refractivity contribution in [3.05, 3.63) is 29.3 Å². The molecule has 0 saturated carbocycles. The second kappa shape index (κ2) is 7.57. The van der Waals surface area contributed by atoms with E-state index in [4.69, 9.17) is 5.73 Å². The summed E-state index contributed by atoms with van der Waals surface area (Å²) in [5.74, 6) is -0.162. The smallest absolute Gasteiger partial charge is 0.252 e. The van der Waals surface area contributed by atoms with E-state index in [1.54, 1.807) is 6.07 Å². The third kappa shape index (κ3) is 4.21. The topological polar surface area (TPSA) is 78.6 Å². The van der Waals surface area contributed by atoms with Crippen molar-refractivity contribution >= 4 is 5.91 Å². The maximum absolute atomic E-state index is 11.5. The largest absolute Gasteiger partial charge is 0.507 e. The molecule has 1 aromatic rings. The van der Waals surface area contributed by atoms with Crippen LogP contribution in [-0.2, 0) is 0 Å². The highest BCUT2D eigenvalue weighted by Crippen LogP contribution is 2.45. The summed E-state index contributed by atoms with van der Waals surface area (Å²) in [4.78, 5) is 14.2. The molecule has 0 aromatic heterocycles. The molecule has 3 rings (SSSR count). The predicted molar refractivity (Wildman–Crippen MR) is 104 cm³/mol. The number of phenols is 1. The molecule has 5 nitrogen and oxygen atoms in total. The first-order chi connectivity index (χ1) is 12.3. The molecule has 2 saturated heterocycles. The Morgan fingerprint density at radius 1 is 1.27 bits per heavy atom. The molecule has 0 aliphatic carbocycles. The zero-order valence-corrected chi connectivity index (χ0v) is 16.3. The number of carbonyl (C=O) groups is 1. The Morgan fingerprint density at radius 2 is 1.92 bits per heavy atom. The molecule has 2 bridgehead atoms. The number of hydrogen-bond acceptors (Lipinski definition) is 4. The van der Waals surface area contributed by atoms with Gasteiger partial charge in [0.05, 0.1) is 5.56 Å². The van der Waals surface area contributed by atoms with Crippen molar-refractivity contribution in [1.82, 2.24) is 10.2 Å². The molecule has 4 N–H and O–H groups in total. The third-order valence-electron chi connectivity index (χ3n) is 5.86. The second-order valence-electron chi connectivity index (χ2n) is 9.14. The lowest BCUT2D eigenvalue weighted by Gasteiger charge is -2.39. The molecule has 0 radical (unpaired) electrons. The van der Waals surface area contributed by atoms with Crippen molar-refractivity contribution in [3.63, 3.8) is 0 Å². The number of fused-ring (bicyclic) bond motifs is 2. The van der Waals surface area contributed by atoms with Crippen LogP contribution in [0.4, 0.5) is 0 Å². The Bertz CT molecular complexity index is 639. The SMILES string of the molecule is CC(C)(C)CNCCN1[C@@H]2CC[C@H]1CC(c1cccc(C(N)=O)c1O)C2. The molecule has 2 heterocycles. The first-order valence-electron chi connectivity index (χ1n) is 9.84. The van der Waals surface area contributed by atoms with Crippen molar-refractivity contribution < 1.29 is 9.90 Å². The van der Waals surface area contributed by atoms with Gasteiger partial charge in [-0.1, -0.05) is 32.9 Å². The van der Waals surface area contributed by atoms with Crippen LogP contribution in [0.5, 0.6) is 5.75 Å². The van der Waals surface area contributed by atoms with Crippen LogP contribution in [0.1, 0.15) is 68.3 Å². The molecular weight excluding hydrogens is 326 g/mol. The van der Waals surface area contributed by atoms with E-state index in [1.807, 2.05) is 12.1 Å². The van der Waals surface area contributed by atoms with Crippen molar-refractivity contribution in [2.75, 3.05) is 19.6 Å². The maximum Gasteiger partial charge on any atom is 0.252 e. The molecule has 1 amide bonds. The Kier molecular flexibility index (Phi) is 5.58. The molecule has 144 valence electrons. The van der Waals surface area contributed by atoms with Gasteiger partial charge in [0.2, 0.25) is 0 Å². The van der Waals surface area contributed by atoms with Crippen LogP contribution in [0.15, 0.2) is 18.2 Å². The van der Waals surface area contributed by atoms with E-state index in [1.165, 1.54) is 12.8 Å². The highest BCUT2D eigenvalue weighted by atomic mass is 16.3. The van der Waals surface area contributed by atoms with Gasteiger partial charge in [-0.05, 0) is 48.6 Å². The van der Waals surface area contributed by atoms with Crippen LogP contribution >= 0.6 is 0 Å². The summed E-state index contributed by atoms with van der Waals surface area (Å²) in [7, 11) is 0. The summed E-state index contributed by atoms with van der Waals surface area (Å²) >= 11 is 0. The van der Waals surface area contributed by atoms with E-state index in [0.29, 0.717) is 23.4 Å². The molecule has 2 aliphatic heterocycles. The number of piperidine rings is 1. The molecule has 1 aromatic carbocycles. The number of aromatic hydroxyl groups is 1. The number of carbonyl (C=O) groups excluding carboxylic acids is 1. The molecule has 0 spiro atoms. The van der Waals surface area contributed by atoms with Crippen LogP contribution in [0.2, 0.25) is 0 Å². The number of para-hydroxylation sites is 1. The molecule has 5 heteroatoms. The first-order valence-corrected chi connectivity index (χ1v) is 9.84. The third-order valence-corrected chi connectivity index (χ3v) is 5.86. The quantitative estimate of drug-likeness (QED) is 0.683. The lowest BCUT2D eigenvalue weighted by Crippen LogP contribution is -2.45. The summed E-state index contributed by atoms with van der Waals surface area (Å²) in [6, 6.07) is 6.54. The minimum Gasteiger partial charge on any atom is -0.507 e. The van der Waals surface area contributed by atoms with Gasteiger partial charge in [-0.2, -0.15) is 0 Å². The lowest BCUT2D eigenvalue weighted by molar-refractivity contribution is 0.0997. The minimum absolute atomic E-state index is 0.0877. The van der Waals surface area contributed by atoms with Gasteiger partial charge in [0, 0.05) is 31.7 Å². The zero-order chi connectivity index (χ0) is 18.9. The van der Waals surface area contributed by atoms with Gasteiger partial charge in [0.15, 0.2) is 0 Å². The van der Waals surface area contributed by atoms with Crippen LogP contribution in [-0.4, -0.2) is 47.6 Å². The monoisotopic (exact) mass is 359 g/mol. The fraction of sp³-hybridized carbons (Fsp3) is 0.667. The highest BCUT2D eigenvalue weighted by molar-refractivity contribution is 5.96. The Labute approximate surface area is 156 Å². The van der Waals surface area contributed by atoms with Gasteiger partial charge in [-0.15, -0.1) is 0 Å². The molecule has 2 fully saturated rings. The van der Waals surface area contributed by atoms with Gasteiger partial charge < -0.3 is 16.2 Å². The zero-order valence-electron chi connectivity index (χ0n) is 16.3. The summed E-state index contributed by atoms with van der Waals surface area (Å²) < 4.78 is 0. The Hall–Kier alpha value is -1.59. The Balaban J connectivity index is 1.62. The summed E-state index contributed by atoms with van der Waals surface area (Å²) in [5, 5.41) is 14.1. The van der Waals surface area contributed by atoms with Gasteiger partial charge >= 0.3 is 0 Å². The Morgan fingerprint density at radius 3 is 2.50 bits per heavy atom.